The SMILES string of the molecule is CCn1cc(C(=O)C(=O)NCCN2CCCCC2)c2c(O)cccc21. The summed E-state index contributed by atoms with van der Waals surface area (Å²) >= 11 is 0. The standard InChI is InChI=1S/C19H25N3O3/c1-2-22-13-14(17-15(22)7-6-8-16(17)23)18(24)19(25)20-9-12-21-10-4-3-5-11-21/h6-8,13,23H,2-5,9-12H2,1H3,(H,20,25). The topological polar surface area (TPSA) is 74.6 Å². The van der Waals surface area contributed by atoms with Crippen LogP contribution in [0.2, 0.25) is 0 Å². The van der Waals surface area contributed by atoms with Crippen LogP contribution in [-0.2, 0) is 11.3 Å². The number of piperidine rings is 1. The molecule has 0 saturated carbocycles. The highest BCUT2D eigenvalue weighted by Crippen LogP contribution is 2.30. The Hall–Kier alpha value is -2.34. The second-order valence-corrected chi connectivity index (χ2v) is 6.49. The lowest BCUT2D eigenvalue weighted by atomic mass is 10.1. The van der Waals surface area contributed by atoms with Gasteiger partial charge in [0.05, 0.1) is 16.5 Å². The Morgan fingerprint density at radius 2 is 1.96 bits per heavy atom. The fourth-order valence-electron chi connectivity index (χ4n) is 3.48. The van der Waals surface area contributed by atoms with Gasteiger partial charge in [-0.3, -0.25) is 9.59 Å². The first-order valence-electron chi connectivity index (χ1n) is 8.97. The number of Topliss-reactive ketones (excluding diaryl/α,β-unsaturated/α-hetero) is 1. The van der Waals surface area contributed by atoms with Crippen LogP contribution in [0.4, 0.5) is 0 Å². The van der Waals surface area contributed by atoms with Gasteiger partial charge in [0, 0.05) is 25.8 Å². The lowest BCUT2D eigenvalue weighted by Gasteiger charge is -2.26. The zero-order chi connectivity index (χ0) is 17.8. The minimum atomic E-state index is -0.615. The van der Waals surface area contributed by atoms with Crippen molar-refractivity contribution in [1.29, 1.82) is 0 Å². The van der Waals surface area contributed by atoms with E-state index in [9.17, 15) is 14.7 Å². The predicted octanol–water partition coefficient (Wildman–Crippen LogP) is 2.15. The van der Waals surface area contributed by atoms with Crippen LogP contribution < -0.4 is 5.32 Å². The largest absolute Gasteiger partial charge is 0.507 e. The van der Waals surface area contributed by atoms with E-state index in [1.165, 1.54) is 25.3 Å². The lowest BCUT2D eigenvalue weighted by molar-refractivity contribution is -0.117. The van der Waals surface area contributed by atoms with Crippen LogP contribution in [0.1, 0.15) is 36.5 Å². The van der Waals surface area contributed by atoms with E-state index in [0.717, 1.165) is 25.2 Å². The van der Waals surface area contributed by atoms with Gasteiger partial charge in [-0.2, -0.15) is 0 Å². The lowest BCUT2D eigenvalue weighted by Crippen LogP contribution is -2.39. The Balaban J connectivity index is 1.69. The highest BCUT2D eigenvalue weighted by atomic mass is 16.3. The van der Waals surface area contributed by atoms with Gasteiger partial charge in [-0.25, -0.2) is 0 Å². The van der Waals surface area contributed by atoms with Gasteiger partial charge in [0.15, 0.2) is 0 Å². The van der Waals surface area contributed by atoms with E-state index in [-0.39, 0.29) is 11.3 Å². The number of aromatic nitrogens is 1. The van der Waals surface area contributed by atoms with Crippen LogP contribution in [0.5, 0.6) is 5.75 Å². The molecule has 2 aromatic rings. The van der Waals surface area contributed by atoms with E-state index in [1.54, 1.807) is 12.3 Å². The predicted molar refractivity (Wildman–Crippen MR) is 96.9 cm³/mol. The third-order valence-corrected chi connectivity index (χ3v) is 4.84. The van der Waals surface area contributed by atoms with Crippen molar-refractivity contribution in [3.63, 3.8) is 0 Å². The van der Waals surface area contributed by atoms with Crippen LogP contribution in [0.15, 0.2) is 24.4 Å². The third kappa shape index (κ3) is 3.69. The fraction of sp³-hybridized carbons (Fsp3) is 0.474. The summed E-state index contributed by atoms with van der Waals surface area (Å²) in [6, 6.07) is 5.10. The maximum absolute atomic E-state index is 12.6. The molecule has 1 saturated heterocycles. The van der Waals surface area contributed by atoms with Crippen LogP contribution >= 0.6 is 0 Å². The molecule has 6 nitrogen and oxygen atoms in total. The molecule has 1 aromatic carbocycles. The fourth-order valence-corrected chi connectivity index (χ4v) is 3.48. The molecular weight excluding hydrogens is 318 g/mol. The molecule has 0 aliphatic carbocycles. The summed E-state index contributed by atoms with van der Waals surface area (Å²) < 4.78 is 1.86. The summed E-state index contributed by atoms with van der Waals surface area (Å²) in [7, 11) is 0. The van der Waals surface area contributed by atoms with Crippen molar-refractivity contribution in [2.75, 3.05) is 26.2 Å². The van der Waals surface area contributed by atoms with Gasteiger partial charge in [0.1, 0.15) is 5.75 Å². The number of phenolic OH excluding ortho intramolecular Hbond substituents is 1. The van der Waals surface area contributed by atoms with Gasteiger partial charge < -0.3 is 19.9 Å². The van der Waals surface area contributed by atoms with Crippen LogP contribution in [0.3, 0.4) is 0 Å². The summed E-state index contributed by atoms with van der Waals surface area (Å²) in [6.45, 7) is 5.95. The van der Waals surface area contributed by atoms with Crippen molar-refractivity contribution in [2.24, 2.45) is 0 Å². The molecule has 0 unspecified atom stereocenters. The number of fused-ring (bicyclic) bond motifs is 1. The Kier molecular flexibility index (Phi) is 5.38. The zero-order valence-corrected chi connectivity index (χ0v) is 14.6. The summed E-state index contributed by atoms with van der Waals surface area (Å²) in [4.78, 5) is 27.1. The molecule has 1 aliphatic heterocycles. The number of ketones is 1. The van der Waals surface area contributed by atoms with Crippen molar-refractivity contribution in [3.8, 4) is 5.75 Å². The number of amides is 1. The molecule has 6 heteroatoms. The first-order valence-corrected chi connectivity index (χ1v) is 8.97. The number of hydrogen-bond donors (Lipinski definition) is 2. The number of likely N-dealkylation sites (tertiary alicyclic amines) is 1. The number of benzene rings is 1. The number of aryl methyl sites for hydroxylation is 1. The Bertz CT molecular complexity index is 776. The van der Waals surface area contributed by atoms with Gasteiger partial charge in [-0.15, -0.1) is 0 Å². The molecule has 134 valence electrons. The number of nitrogens with one attached hydrogen (secondary N) is 1. The number of hydrogen-bond acceptors (Lipinski definition) is 4. The number of carbonyl (C=O) groups excluding carboxylic acids is 2. The summed E-state index contributed by atoms with van der Waals surface area (Å²) in [6.07, 6.45) is 5.31. The molecule has 2 heterocycles. The highest BCUT2D eigenvalue weighted by Gasteiger charge is 2.23. The van der Waals surface area contributed by atoms with E-state index >= 15 is 0 Å². The van der Waals surface area contributed by atoms with Gasteiger partial charge in [0.25, 0.3) is 11.7 Å². The van der Waals surface area contributed by atoms with Gasteiger partial charge in [-0.1, -0.05) is 12.5 Å². The Labute approximate surface area is 147 Å². The molecule has 0 bridgehead atoms. The smallest absolute Gasteiger partial charge is 0.292 e. The number of phenols is 1. The quantitative estimate of drug-likeness (QED) is 0.623. The van der Waals surface area contributed by atoms with Crippen LogP contribution in [0.25, 0.3) is 10.9 Å². The molecule has 25 heavy (non-hydrogen) atoms. The van der Waals surface area contributed by atoms with Crippen molar-refractivity contribution in [3.05, 3.63) is 30.0 Å². The molecular formula is C19H25N3O3. The normalized spacial score (nSPS) is 15.4. The number of carbonyl (C=O) groups is 2. The van der Waals surface area contributed by atoms with Crippen LogP contribution in [-0.4, -0.2) is 52.4 Å². The maximum Gasteiger partial charge on any atom is 0.292 e. The van der Waals surface area contributed by atoms with Crippen molar-refractivity contribution in [1.82, 2.24) is 14.8 Å². The second kappa shape index (κ2) is 7.70. The van der Waals surface area contributed by atoms with Gasteiger partial charge in [0.2, 0.25) is 0 Å². The van der Waals surface area contributed by atoms with Gasteiger partial charge in [-0.05, 0) is 45.0 Å². The first kappa shape index (κ1) is 17.5. The summed E-state index contributed by atoms with van der Waals surface area (Å²) in [5.41, 5.74) is 1.01. The van der Waals surface area contributed by atoms with Gasteiger partial charge >= 0.3 is 0 Å². The molecule has 1 amide bonds. The number of aromatic hydroxyl groups is 1. The number of nitrogens with zero attached hydrogens (tertiary/aromatic N) is 2. The molecule has 1 fully saturated rings. The average molecular weight is 343 g/mol. The molecule has 3 rings (SSSR count). The van der Waals surface area contributed by atoms with Crippen LogP contribution in [0, 0.1) is 0 Å². The van der Waals surface area contributed by atoms with Crippen molar-refractivity contribution < 1.29 is 14.7 Å². The Morgan fingerprint density at radius 1 is 1.20 bits per heavy atom. The molecule has 0 atom stereocenters. The third-order valence-electron chi connectivity index (χ3n) is 4.84. The molecule has 1 aliphatic rings. The number of rotatable bonds is 6. The highest BCUT2D eigenvalue weighted by molar-refractivity contribution is 6.45. The zero-order valence-electron chi connectivity index (χ0n) is 14.6. The molecule has 2 N–H and O–H groups in total. The monoisotopic (exact) mass is 343 g/mol. The van der Waals surface area contributed by atoms with E-state index in [4.69, 9.17) is 0 Å². The summed E-state index contributed by atoms with van der Waals surface area (Å²) in [5, 5.41) is 13.3. The first-order chi connectivity index (χ1) is 12.1. The van der Waals surface area contributed by atoms with Crippen molar-refractivity contribution in [2.45, 2.75) is 32.7 Å². The molecule has 0 radical (unpaired) electrons. The summed E-state index contributed by atoms with van der Waals surface area (Å²) in [5.74, 6) is -1.19. The van der Waals surface area contributed by atoms with E-state index < -0.39 is 11.7 Å². The Morgan fingerprint density at radius 3 is 2.68 bits per heavy atom. The minimum absolute atomic E-state index is 0.0224. The maximum atomic E-state index is 12.6. The van der Waals surface area contributed by atoms with E-state index in [0.29, 0.717) is 18.5 Å². The van der Waals surface area contributed by atoms with E-state index in [1.807, 2.05) is 17.6 Å². The molecule has 1 aromatic heterocycles. The van der Waals surface area contributed by atoms with Crippen molar-refractivity contribution >= 4 is 22.6 Å². The second-order valence-electron chi connectivity index (χ2n) is 6.49. The van der Waals surface area contributed by atoms with E-state index in [2.05, 4.69) is 10.2 Å². The molecule has 0 spiro atoms. The minimum Gasteiger partial charge on any atom is -0.507 e. The average Bonchev–Trinajstić information content (AvgIpc) is 3.02.